The van der Waals surface area contributed by atoms with Crippen LogP contribution < -0.4 is 5.01 Å². The minimum atomic E-state index is -6.24. The number of nitro groups is 2. The fourth-order valence-electron chi connectivity index (χ4n) is 4.41. The third-order valence-corrected chi connectivity index (χ3v) is 7.08. The number of hydrogen-bond acceptors (Lipinski definition) is 8. The Balaban J connectivity index is 0.000000286. The van der Waals surface area contributed by atoms with Crippen molar-refractivity contribution in [2.45, 2.75) is 62.5 Å². The molecule has 53 heavy (non-hydrogen) atoms. The Morgan fingerprint density at radius 1 is 0.698 bits per heavy atom. The van der Waals surface area contributed by atoms with Gasteiger partial charge in [-0.1, -0.05) is 0 Å². The van der Waals surface area contributed by atoms with Crippen molar-refractivity contribution in [2.24, 2.45) is 5.10 Å². The van der Waals surface area contributed by atoms with Crippen LogP contribution in [-0.2, 0) is 12.1 Å². The van der Waals surface area contributed by atoms with Crippen LogP contribution in [0.2, 0.25) is 0 Å². The summed E-state index contributed by atoms with van der Waals surface area (Å²) < 4.78 is 207. The molecule has 27 heteroatoms. The molecule has 2 aromatic carbocycles. The van der Waals surface area contributed by atoms with Crippen molar-refractivity contribution in [2.75, 3.05) is 5.01 Å². The standard InChI is InChI=1S/C13H9F8N3O3.C13H7F8N3O2/c1-6-4-7(2-3-8(6)24(26)27)23-10(25,12(16,17)18)5-9(22-23)11(14,15)13(19,20)21;1-6-4-7(2-3-8(6)24(25)26)23-10(12(16,17)18)5-9(22-23)11(14,15)13(19,20)21/h2-4,25H,5H2,1H3;2-5H,1H3. The third-order valence-electron chi connectivity index (χ3n) is 7.08. The van der Waals surface area contributed by atoms with Gasteiger partial charge in [0.05, 0.1) is 27.6 Å². The van der Waals surface area contributed by atoms with Crippen molar-refractivity contribution in [1.82, 2.24) is 9.78 Å². The van der Waals surface area contributed by atoms with E-state index in [4.69, 9.17) is 0 Å². The fourth-order valence-corrected chi connectivity index (χ4v) is 4.41. The van der Waals surface area contributed by atoms with Crippen LogP contribution in [0.15, 0.2) is 47.6 Å². The van der Waals surface area contributed by atoms with Gasteiger partial charge in [-0.3, -0.25) is 20.2 Å². The van der Waals surface area contributed by atoms with Gasteiger partial charge in [0.15, 0.2) is 0 Å². The molecule has 1 aromatic heterocycles. The summed E-state index contributed by atoms with van der Waals surface area (Å²) in [4.78, 5) is 19.7. The average Bonchev–Trinajstić information content (AvgIpc) is 3.60. The summed E-state index contributed by atoms with van der Waals surface area (Å²) in [6.07, 6.45) is -25.5. The second-order valence-electron chi connectivity index (χ2n) is 10.8. The largest absolute Gasteiger partial charge is 0.459 e. The molecular weight excluding hydrogens is 780 g/mol. The van der Waals surface area contributed by atoms with Crippen LogP contribution in [0.3, 0.4) is 0 Å². The van der Waals surface area contributed by atoms with Gasteiger partial charge >= 0.3 is 36.6 Å². The Bertz CT molecular complexity index is 1930. The van der Waals surface area contributed by atoms with E-state index in [1.807, 2.05) is 0 Å². The van der Waals surface area contributed by atoms with E-state index >= 15 is 0 Å². The minimum Gasteiger partial charge on any atom is -0.362 e. The van der Waals surface area contributed by atoms with Crippen molar-refractivity contribution >= 4 is 22.8 Å². The predicted octanol–water partition coefficient (Wildman–Crippen LogP) is 8.68. The molecule has 0 fully saturated rings. The van der Waals surface area contributed by atoms with Gasteiger partial charge in [0.2, 0.25) is 0 Å². The molecule has 0 bridgehead atoms. The second-order valence-corrected chi connectivity index (χ2v) is 10.8. The first-order chi connectivity index (χ1) is 23.7. The summed E-state index contributed by atoms with van der Waals surface area (Å²) in [5.41, 5.74) is -13.2. The van der Waals surface area contributed by atoms with Crippen LogP contribution in [-0.4, -0.2) is 60.6 Å². The van der Waals surface area contributed by atoms with Gasteiger partial charge in [-0.25, -0.2) is 9.69 Å². The van der Waals surface area contributed by atoms with E-state index in [-0.39, 0.29) is 15.8 Å². The highest BCUT2D eigenvalue weighted by atomic mass is 19.4. The first-order valence-electron chi connectivity index (χ1n) is 13.4. The Kier molecular flexibility index (Phi) is 10.6. The third kappa shape index (κ3) is 7.92. The molecule has 11 nitrogen and oxygen atoms in total. The summed E-state index contributed by atoms with van der Waals surface area (Å²) in [6, 6.07) is 3.99. The highest BCUT2D eigenvalue weighted by Gasteiger charge is 2.70. The van der Waals surface area contributed by atoms with E-state index in [9.17, 15) is 95.6 Å². The number of hydrogen-bond donors (Lipinski definition) is 1. The second kappa shape index (κ2) is 13.3. The molecule has 1 atom stereocenters. The number of halogens is 16. The maximum absolute atomic E-state index is 13.5. The van der Waals surface area contributed by atoms with Gasteiger partial charge in [-0.2, -0.15) is 80.4 Å². The lowest BCUT2D eigenvalue weighted by atomic mass is 10.0. The van der Waals surface area contributed by atoms with Crippen molar-refractivity contribution in [3.05, 3.63) is 85.2 Å². The highest BCUT2D eigenvalue weighted by Crippen LogP contribution is 2.49. The summed E-state index contributed by atoms with van der Waals surface area (Å²) in [5, 5.41) is 36.3. The molecule has 1 N–H and O–H groups in total. The van der Waals surface area contributed by atoms with E-state index in [1.165, 1.54) is 0 Å². The lowest BCUT2D eigenvalue weighted by Gasteiger charge is -2.34. The predicted molar refractivity (Wildman–Crippen MR) is 144 cm³/mol. The monoisotopic (exact) mass is 796 g/mol. The number of alkyl halides is 16. The number of rotatable bonds is 6. The van der Waals surface area contributed by atoms with Crippen molar-refractivity contribution in [3.8, 4) is 5.69 Å². The number of nitrogens with zero attached hydrogens (tertiary/aromatic N) is 6. The van der Waals surface area contributed by atoms with Crippen molar-refractivity contribution in [3.63, 3.8) is 0 Å². The van der Waals surface area contributed by atoms with E-state index < -0.39 is 109 Å². The van der Waals surface area contributed by atoms with Gasteiger partial charge in [-0.05, 0) is 44.2 Å². The number of nitro benzene ring substituents is 2. The maximum Gasteiger partial charge on any atom is 0.459 e. The Hall–Kier alpha value is -5.24. The van der Waals surface area contributed by atoms with Gasteiger partial charge < -0.3 is 5.11 Å². The highest BCUT2D eigenvalue weighted by molar-refractivity contribution is 5.96. The number of anilines is 1. The molecule has 0 aliphatic carbocycles. The molecule has 292 valence electrons. The van der Waals surface area contributed by atoms with E-state index in [1.54, 1.807) is 0 Å². The Morgan fingerprint density at radius 3 is 1.51 bits per heavy atom. The zero-order chi connectivity index (χ0) is 41.1. The Morgan fingerprint density at radius 2 is 1.13 bits per heavy atom. The first kappa shape index (κ1) is 42.2. The molecule has 0 saturated carbocycles. The summed E-state index contributed by atoms with van der Waals surface area (Å²) in [6.45, 7) is 2.25. The molecule has 4 rings (SSSR count). The molecule has 2 heterocycles. The molecule has 3 aromatic rings. The van der Waals surface area contributed by atoms with E-state index in [2.05, 4.69) is 10.2 Å². The lowest BCUT2D eigenvalue weighted by Crippen LogP contribution is -2.56. The average molecular weight is 796 g/mol. The van der Waals surface area contributed by atoms with Crippen LogP contribution in [0.1, 0.15) is 28.9 Å². The molecule has 0 spiro atoms. The summed E-state index contributed by atoms with van der Waals surface area (Å²) in [7, 11) is 0. The normalized spacial score (nSPS) is 17.3. The van der Waals surface area contributed by atoms with Gasteiger partial charge in [0.1, 0.15) is 17.1 Å². The number of aliphatic hydroxyl groups is 1. The topological polar surface area (TPSA) is 140 Å². The zero-order valence-corrected chi connectivity index (χ0v) is 25.6. The van der Waals surface area contributed by atoms with Crippen LogP contribution in [0.4, 0.5) is 87.3 Å². The molecule has 1 aliphatic heterocycles. The van der Waals surface area contributed by atoms with Gasteiger partial charge in [0.25, 0.3) is 17.1 Å². The molecule has 0 saturated heterocycles. The van der Waals surface area contributed by atoms with Gasteiger partial charge in [0, 0.05) is 23.3 Å². The van der Waals surface area contributed by atoms with Crippen molar-refractivity contribution < 1.29 is 85.2 Å². The molecular formula is C26H16F16N6O5. The van der Waals surface area contributed by atoms with Gasteiger partial charge in [-0.15, -0.1) is 0 Å². The van der Waals surface area contributed by atoms with Crippen LogP contribution in [0.25, 0.3) is 5.69 Å². The van der Waals surface area contributed by atoms with Crippen LogP contribution >= 0.6 is 0 Å². The van der Waals surface area contributed by atoms with Crippen molar-refractivity contribution in [1.29, 1.82) is 0 Å². The zero-order valence-electron chi connectivity index (χ0n) is 25.6. The number of aromatic nitrogens is 2. The van der Waals surface area contributed by atoms with Crippen LogP contribution in [0, 0.1) is 34.1 Å². The van der Waals surface area contributed by atoms with E-state index in [0.717, 1.165) is 32.0 Å². The molecule has 0 radical (unpaired) electrons. The molecule has 1 unspecified atom stereocenters. The number of benzene rings is 2. The fraction of sp³-hybridized carbons (Fsp3) is 0.385. The number of hydrazone groups is 1. The Labute approximate surface area is 282 Å². The SMILES string of the molecule is Cc1cc(-n2nc(C(F)(F)C(F)(F)F)cc2C(F)(F)F)ccc1[N+](=O)[O-].Cc1cc(N2N=C(C(F)(F)C(F)(F)F)CC2(O)C(F)(F)F)ccc1[N+](=O)[O-]. The molecule has 0 amide bonds. The number of aryl methyl sites for hydroxylation is 2. The quantitative estimate of drug-likeness (QED) is 0.150. The smallest absolute Gasteiger partial charge is 0.362 e. The molecule has 1 aliphatic rings. The van der Waals surface area contributed by atoms with E-state index in [0.29, 0.717) is 18.2 Å². The lowest BCUT2D eigenvalue weighted by molar-refractivity contribution is -0.385. The minimum absolute atomic E-state index is 0.139. The first-order valence-corrected chi connectivity index (χ1v) is 13.4. The summed E-state index contributed by atoms with van der Waals surface area (Å²) in [5.74, 6) is -11.3. The maximum atomic E-state index is 13.5. The van der Waals surface area contributed by atoms with Crippen LogP contribution in [0.5, 0.6) is 0 Å². The summed E-state index contributed by atoms with van der Waals surface area (Å²) >= 11 is 0.